The number of carboxylic acid groups (broad SMARTS) is 1. The first-order valence-electron chi connectivity index (χ1n) is 11.4. The monoisotopic (exact) mass is 605 g/mol. The summed E-state index contributed by atoms with van der Waals surface area (Å²) in [5.41, 5.74) is 3.88. The molecule has 0 saturated carbocycles. The summed E-state index contributed by atoms with van der Waals surface area (Å²) in [6.07, 6.45) is -3.41. The number of ether oxygens (including phenoxy) is 1. The summed E-state index contributed by atoms with van der Waals surface area (Å²) in [7, 11) is 1.56. The number of amides is 1. The number of pyridine rings is 1. The fourth-order valence-electron chi connectivity index (χ4n) is 3.40. The second kappa shape index (κ2) is 12.2. The lowest BCUT2D eigenvalue weighted by Crippen LogP contribution is -2.21. The van der Waals surface area contributed by atoms with E-state index in [1.165, 1.54) is 11.5 Å². The number of fused-ring (bicyclic) bond motifs is 1. The van der Waals surface area contributed by atoms with Gasteiger partial charge in [-0.3, -0.25) is 9.89 Å². The molecule has 5 rings (SSSR count). The van der Waals surface area contributed by atoms with Gasteiger partial charge in [-0.15, -0.1) is 0 Å². The van der Waals surface area contributed by atoms with Gasteiger partial charge >= 0.3 is 12.1 Å². The van der Waals surface area contributed by atoms with Crippen LogP contribution in [0.3, 0.4) is 0 Å². The number of aryl methyl sites for hydroxylation is 1. The van der Waals surface area contributed by atoms with Gasteiger partial charge in [-0.1, -0.05) is 17.7 Å². The van der Waals surface area contributed by atoms with E-state index in [4.69, 9.17) is 26.2 Å². The minimum absolute atomic E-state index is 0.256. The zero-order valence-corrected chi connectivity index (χ0v) is 22.6. The Hall–Kier alpha value is -4.76. The molecule has 0 radical (unpaired) electrons. The number of nitrogens with one attached hydrogen (secondary N) is 3. The Balaban J connectivity index is 0.000000493. The highest BCUT2D eigenvalue weighted by atomic mass is 35.5. The van der Waals surface area contributed by atoms with E-state index in [1.807, 2.05) is 19.1 Å². The number of alkyl halides is 3. The number of carbonyl (C=O) groups is 2. The van der Waals surface area contributed by atoms with Crippen molar-refractivity contribution in [1.82, 2.24) is 24.5 Å². The predicted octanol–water partition coefficient (Wildman–Crippen LogP) is 6.08. The first-order chi connectivity index (χ1) is 19.4. The molecule has 0 saturated heterocycles. The van der Waals surface area contributed by atoms with Gasteiger partial charge in [-0.25, -0.2) is 9.78 Å². The summed E-state index contributed by atoms with van der Waals surface area (Å²) < 4.78 is 41.4. The molecule has 3 heterocycles. The molecule has 212 valence electrons. The molecule has 11 nitrogen and oxygen atoms in total. The van der Waals surface area contributed by atoms with E-state index < -0.39 is 12.1 Å². The Bertz CT molecular complexity index is 1730. The van der Waals surface area contributed by atoms with Crippen LogP contribution in [0.15, 0.2) is 54.7 Å². The minimum atomic E-state index is -5.08. The van der Waals surface area contributed by atoms with Crippen molar-refractivity contribution in [2.75, 3.05) is 17.7 Å². The highest BCUT2D eigenvalue weighted by Crippen LogP contribution is 2.33. The molecule has 0 unspecified atom stereocenters. The predicted molar refractivity (Wildman–Crippen MR) is 147 cm³/mol. The number of nitrogens with zero attached hydrogens (tertiary/aromatic N) is 4. The summed E-state index contributed by atoms with van der Waals surface area (Å²) in [6.45, 7) is 1.84. The first-order valence-corrected chi connectivity index (χ1v) is 12.6. The molecule has 1 amide bonds. The van der Waals surface area contributed by atoms with Gasteiger partial charge in [-0.2, -0.15) is 27.6 Å². The lowest BCUT2D eigenvalue weighted by Gasteiger charge is -2.08. The SMILES string of the molecule is COc1cccc(C(=O)Nc2cc(C)nc(-c3nsc(Nc4ccc5[nH]ncc5c4Cl)n3)c2)c1.O=C(O)C(F)(F)F. The molecule has 0 aliphatic rings. The third-order valence-electron chi connectivity index (χ3n) is 5.24. The minimum Gasteiger partial charge on any atom is -0.497 e. The number of aromatic nitrogens is 5. The summed E-state index contributed by atoms with van der Waals surface area (Å²) in [6, 6.07) is 14.2. The van der Waals surface area contributed by atoms with Crippen molar-refractivity contribution in [1.29, 1.82) is 0 Å². The summed E-state index contributed by atoms with van der Waals surface area (Å²) in [4.78, 5) is 30.7. The Kier molecular flexibility index (Phi) is 8.68. The number of H-pyrrole nitrogens is 1. The van der Waals surface area contributed by atoms with Crippen molar-refractivity contribution in [2.24, 2.45) is 0 Å². The molecule has 0 atom stereocenters. The van der Waals surface area contributed by atoms with Crippen LogP contribution in [0.5, 0.6) is 5.75 Å². The molecule has 3 aromatic heterocycles. The molecule has 0 bridgehead atoms. The Morgan fingerprint density at radius 2 is 1.88 bits per heavy atom. The first kappa shape index (κ1) is 29.2. The van der Waals surface area contributed by atoms with E-state index in [0.717, 1.165) is 16.6 Å². The van der Waals surface area contributed by atoms with Gasteiger partial charge in [0.2, 0.25) is 5.13 Å². The van der Waals surface area contributed by atoms with E-state index in [2.05, 4.69) is 35.2 Å². The van der Waals surface area contributed by atoms with Gasteiger partial charge in [0.1, 0.15) is 11.4 Å². The number of aromatic amines is 1. The fourth-order valence-corrected chi connectivity index (χ4v) is 4.25. The smallest absolute Gasteiger partial charge is 0.490 e. The fraction of sp³-hybridized carbons (Fsp3) is 0.120. The Morgan fingerprint density at radius 1 is 1.12 bits per heavy atom. The van der Waals surface area contributed by atoms with Crippen molar-refractivity contribution in [3.05, 3.63) is 71.0 Å². The van der Waals surface area contributed by atoms with Gasteiger partial charge in [0.25, 0.3) is 5.91 Å². The maximum atomic E-state index is 12.7. The molecule has 5 aromatic rings. The molecular weight excluding hydrogens is 587 g/mol. The number of carbonyl (C=O) groups excluding carboxylic acids is 1. The van der Waals surface area contributed by atoms with E-state index in [-0.39, 0.29) is 5.91 Å². The van der Waals surface area contributed by atoms with Crippen molar-refractivity contribution >= 4 is 62.4 Å². The van der Waals surface area contributed by atoms with Gasteiger partial charge in [0.15, 0.2) is 5.82 Å². The van der Waals surface area contributed by atoms with Gasteiger partial charge in [-0.05, 0) is 49.4 Å². The molecule has 16 heteroatoms. The van der Waals surface area contributed by atoms with Crippen LogP contribution in [-0.4, -0.2) is 54.8 Å². The molecule has 0 spiro atoms. The molecule has 0 aliphatic heterocycles. The molecule has 2 aromatic carbocycles. The van der Waals surface area contributed by atoms with Crippen molar-refractivity contribution in [3.8, 4) is 17.3 Å². The van der Waals surface area contributed by atoms with E-state index in [9.17, 15) is 18.0 Å². The number of anilines is 3. The second-order valence-corrected chi connectivity index (χ2v) is 9.31. The quantitative estimate of drug-likeness (QED) is 0.180. The van der Waals surface area contributed by atoms with Crippen LogP contribution in [0, 0.1) is 6.92 Å². The molecule has 0 aliphatic carbocycles. The maximum absolute atomic E-state index is 12.7. The number of benzene rings is 2. The third kappa shape index (κ3) is 7.26. The summed E-state index contributed by atoms with van der Waals surface area (Å²) in [5.74, 6) is -1.97. The zero-order valence-electron chi connectivity index (χ0n) is 21.1. The van der Waals surface area contributed by atoms with Gasteiger partial charge < -0.3 is 20.5 Å². The number of methoxy groups -OCH3 is 1. The zero-order chi connectivity index (χ0) is 29.7. The highest BCUT2D eigenvalue weighted by Gasteiger charge is 2.38. The largest absolute Gasteiger partial charge is 0.497 e. The lowest BCUT2D eigenvalue weighted by atomic mass is 10.2. The molecule has 0 fully saturated rings. The Morgan fingerprint density at radius 3 is 2.59 bits per heavy atom. The van der Waals surface area contributed by atoms with Crippen LogP contribution < -0.4 is 15.4 Å². The second-order valence-electron chi connectivity index (χ2n) is 8.18. The topological polar surface area (TPSA) is 155 Å². The van der Waals surface area contributed by atoms with E-state index in [0.29, 0.717) is 44.4 Å². The average molecular weight is 606 g/mol. The molecule has 4 N–H and O–H groups in total. The van der Waals surface area contributed by atoms with Crippen LogP contribution in [0.4, 0.5) is 29.7 Å². The normalized spacial score (nSPS) is 11.0. The number of hydrogen-bond donors (Lipinski definition) is 4. The Labute approximate surface area is 238 Å². The molecular formula is C25H19ClF3N7O4S. The van der Waals surface area contributed by atoms with Crippen molar-refractivity contribution < 1.29 is 32.6 Å². The number of rotatable bonds is 6. The highest BCUT2D eigenvalue weighted by molar-refractivity contribution is 7.10. The molecule has 41 heavy (non-hydrogen) atoms. The van der Waals surface area contributed by atoms with E-state index in [1.54, 1.807) is 49.7 Å². The van der Waals surface area contributed by atoms with E-state index >= 15 is 0 Å². The van der Waals surface area contributed by atoms with Gasteiger partial charge in [0, 0.05) is 33.9 Å². The summed E-state index contributed by atoms with van der Waals surface area (Å²) in [5, 5.41) is 22.0. The summed E-state index contributed by atoms with van der Waals surface area (Å²) >= 11 is 7.68. The number of carboxylic acids is 1. The number of hydrogen-bond acceptors (Lipinski definition) is 9. The lowest BCUT2D eigenvalue weighted by molar-refractivity contribution is -0.192. The van der Waals surface area contributed by atoms with Crippen LogP contribution in [0.1, 0.15) is 16.1 Å². The number of aliphatic carboxylic acids is 1. The average Bonchev–Trinajstić information content (AvgIpc) is 3.60. The maximum Gasteiger partial charge on any atom is 0.490 e. The van der Waals surface area contributed by atoms with Crippen LogP contribution in [0.2, 0.25) is 5.02 Å². The van der Waals surface area contributed by atoms with Crippen LogP contribution in [0.25, 0.3) is 22.4 Å². The van der Waals surface area contributed by atoms with Crippen LogP contribution in [-0.2, 0) is 4.79 Å². The van der Waals surface area contributed by atoms with Crippen molar-refractivity contribution in [2.45, 2.75) is 13.1 Å². The standard InChI is InChI=1S/C23H18ClN7O2S.C2HF3O2/c1-12-8-14(27-22(32)13-4-3-5-15(9-13)33-2)10-19(26-12)21-29-23(34-31-21)28-18-7-6-17-16(20(18)24)11-25-30-17;3-2(4,5)1(6)7/h3-11H,1-2H3,(H,25,30)(H,26,27,32)(H,28,29,31);(H,6,7). The number of halogens is 4. The van der Waals surface area contributed by atoms with Crippen LogP contribution >= 0.6 is 23.1 Å². The van der Waals surface area contributed by atoms with Gasteiger partial charge in [0.05, 0.1) is 29.5 Å². The van der Waals surface area contributed by atoms with Crippen molar-refractivity contribution in [3.63, 3.8) is 0 Å². The third-order valence-corrected chi connectivity index (χ3v) is 6.28.